The van der Waals surface area contributed by atoms with Crippen LogP contribution in [0, 0.1) is 5.92 Å². The summed E-state index contributed by atoms with van der Waals surface area (Å²) in [5.74, 6) is 0.576. The van der Waals surface area contributed by atoms with Crippen LogP contribution >= 0.6 is 11.6 Å². The first-order valence-corrected chi connectivity index (χ1v) is 10.4. The smallest absolute Gasteiger partial charge is 0.255 e. The van der Waals surface area contributed by atoms with Gasteiger partial charge in [0.15, 0.2) is 0 Å². The highest BCUT2D eigenvalue weighted by Gasteiger charge is 2.25. The number of hydrogen-bond acceptors (Lipinski definition) is 5. The maximum absolute atomic E-state index is 12.7. The molecule has 2 heterocycles. The molecule has 1 amide bonds. The van der Waals surface area contributed by atoms with Gasteiger partial charge < -0.3 is 9.64 Å². The van der Waals surface area contributed by atoms with Gasteiger partial charge in [-0.25, -0.2) is 8.42 Å². The van der Waals surface area contributed by atoms with Crippen molar-refractivity contribution in [2.24, 2.45) is 5.92 Å². The quantitative estimate of drug-likeness (QED) is 0.730. The lowest BCUT2D eigenvalue weighted by atomic mass is 9.99. The molecule has 0 unspecified atom stereocenters. The number of amides is 1. The normalized spacial score (nSPS) is 19.7. The molecular weight excluding hydrogens is 378 g/mol. The number of nitrogens with one attached hydrogen (secondary N) is 1. The van der Waals surface area contributed by atoms with Crippen molar-refractivity contribution in [1.82, 2.24) is 9.80 Å². The first kappa shape index (κ1) is 19.4. The van der Waals surface area contributed by atoms with Gasteiger partial charge in [-0.05, 0) is 37.0 Å². The van der Waals surface area contributed by atoms with E-state index < -0.39 is 10.9 Å². The van der Waals surface area contributed by atoms with Crippen molar-refractivity contribution in [1.29, 1.82) is 0 Å². The second-order valence-corrected chi connectivity index (χ2v) is 7.86. The lowest BCUT2D eigenvalue weighted by Gasteiger charge is -2.37. The SMILES string of the molecule is O=C(c1ccc(N[SH](=O)=O)cc1Cl)N1CCN(CC2CCOCC2)CC1. The number of rotatable bonds is 5. The fourth-order valence-electron chi connectivity index (χ4n) is 3.46. The van der Waals surface area contributed by atoms with Gasteiger partial charge in [0.25, 0.3) is 5.91 Å². The standard InChI is InChI=1S/C17H24ClN3O4S/c18-16-11-14(19-26(23)24)1-2-15(16)17(22)21-7-5-20(6-8-21)12-13-3-9-25-10-4-13/h1-2,11,13,26H,3-10,12H2,(H,19,23,24). The zero-order valence-corrected chi connectivity index (χ0v) is 16.2. The highest BCUT2D eigenvalue weighted by atomic mass is 35.5. The first-order chi connectivity index (χ1) is 12.5. The molecule has 7 nitrogen and oxygen atoms in total. The third-order valence-corrected chi connectivity index (χ3v) is 5.69. The van der Waals surface area contributed by atoms with Crippen LogP contribution in [0.25, 0.3) is 0 Å². The molecule has 1 N–H and O–H groups in total. The molecule has 1 aromatic rings. The zero-order valence-electron chi connectivity index (χ0n) is 14.5. The second-order valence-electron chi connectivity index (χ2n) is 6.71. The molecule has 0 saturated carbocycles. The maximum atomic E-state index is 12.7. The highest BCUT2D eigenvalue weighted by Crippen LogP contribution is 2.23. The van der Waals surface area contributed by atoms with E-state index in [0.717, 1.165) is 45.7 Å². The van der Waals surface area contributed by atoms with Gasteiger partial charge in [-0.15, -0.1) is 0 Å². The molecule has 3 rings (SSSR count). The summed E-state index contributed by atoms with van der Waals surface area (Å²) in [6.45, 7) is 5.84. The molecule has 144 valence electrons. The van der Waals surface area contributed by atoms with Crippen molar-refractivity contribution in [3.63, 3.8) is 0 Å². The summed E-state index contributed by atoms with van der Waals surface area (Å²) >= 11 is 6.18. The average Bonchev–Trinajstić information content (AvgIpc) is 2.62. The fraction of sp³-hybridized carbons (Fsp3) is 0.588. The number of piperazine rings is 1. The Morgan fingerprint density at radius 1 is 1.19 bits per heavy atom. The first-order valence-electron chi connectivity index (χ1n) is 8.83. The monoisotopic (exact) mass is 401 g/mol. The number of halogens is 1. The number of ether oxygens (including phenoxy) is 1. The molecule has 0 atom stereocenters. The van der Waals surface area contributed by atoms with Crippen LogP contribution in [-0.4, -0.2) is 70.1 Å². The molecule has 9 heteroatoms. The Hall–Kier alpha value is -1.35. The minimum absolute atomic E-state index is 0.112. The van der Waals surface area contributed by atoms with E-state index in [1.807, 2.05) is 4.90 Å². The van der Waals surface area contributed by atoms with E-state index in [0.29, 0.717) is 30.3 Å². The van der Waals surface area contributed by atoms with Crippen LogP contribution in [0.15, 0.2) is 18.2 Å². The molecule has 0 spiro atoms. The van der Waals surface area contributed by atoms with E-state index in [4.69, 9.17) is 16.3 Å². The van der Waals surface area contributed by atoms with Crippen molar-refractivity contribution >= 4 is 34.1 Å². The van der Waals surface area contributed by atoms with Crippen LogP contribution < -0.4 is 4.72 Å². The summed E-state index contributed by atoms with van der Waals surface area (Å²) in [4.78, 5) is 16.9. The van der Waals surface area contributed by atoms with E-state index in [1.54, 1.807) is 12.1 Å². The van der Waals surface area contributed by atoms with Gasteiger partial charge in [0.1, 0.15) is 0 Å². The number of carbonyl (C=O) groups excluding carboxylic acids is 1. The molecule has 2 aliphatic heterocycles. The van der Waals surface area contributed by atoms with Crippen molar-refractivity contribution in [2.45, 2.75) is 12.8 Å². The summed E-state index contributed by atoms with van der Waals surface area (Å²) in [6, 6.07) is 4.58. The topological polar surface area (TPSA) is 79.0 Å². The molecule has 2 saturated heterocycles. The lowest BCUT2D eigenvalue weighted by molar-refractivity contribution is 0.0393. The van der Waals surface area contributed by atoms with Crippen LogP contribution in [0.4, 0.5) is 5.69 Å². The molecule has 0 aromatic heterocycles. The summed E-state index contributed by atoms with van der Waals surface area (Å²) in [6.07, 6.45) is 2.23. The Morgan fingerprint density at radius 3 is 2.50 bits per heavy atom. The van der Waals surface area contributed by atoms with E-state index in [1.165, 1.54) is 6.07 Å². The van der Waals surface area contributed by atoms with E-state index >= 15 is 0 Å². The predicted octanol–water partition coefficient (Wildman–Crippen LogP) is 1.46. The summed E-state index contributed by atoms with van der Waals surface area (Å²) in [5.41, 5.74) is 0.750. The van der Waals surface area contributed by atoms with Gasteiger partial charge in [-0.3, -0.25) is 14.4 Å². The number of anilines is 1. The molecule has 1 aromatic carbocycles. The third kappa shape index (κ3) is 5.09. The number of thiol groups is 1. The lowest BCUT2D eigenvalue weighted by Crippen LogP contribution is -2.50. The van der Waals surface area contributed by atoms with Crippen molar-refractivity contribution in [3.05, 3.63) is 28.8 Å². The predicted molar refractivity (Wildman–Crippen MR) is 101 cm³/mol. The van der Waals surface area contributed by atoms with Crippen LogP contribution in [0.2, 0.25) is 5.02 Å². The van der Waals surface area contributed by atoms with Crippen LogP contribution in [0.1, 0.15) is 23.2 Å². The minimum atomic E-state index is -2.76. The van der Waals surface area contributed by atoms with Gasteiger partial charge in [0.2, 0.25) is 10.9 Å². The van der Waals surface area contributed by atoms with Gasteiger partial charge in [0, 0.05) is 51.6 Å². The van der Waals surface area contributed by atoms with Gasteiger partial charge >= 0.3 is 0 Å². The fourth-order valence-corrected chi connectivity index (χ4v) is 4.07. The summed E-state index contributed by atoms with van der Waals surface area (Å²) < 4.78 is 29.1. The highest BCUT2D eigenvalue weighted by molar-refractivity contribution is 7.73. The van der Waals surface area contributed by atoms with E-state index in [9.17, 15) is 13.2 Å². The third-order valence-electron chi connectivity index (χ3n) is 4.94. The molecule has 2 fully saturated rings. The van der Waals surface area contributed by atoms with Gasteiger partial charge in [-0.2, -0.15) is 0 Å². The second kappa shape index (κ2) is 9.03. The van der Waals surface area contributed by atoms with Crippen molar-refractivity contribution < 1.29 is 17.9 Å². The summed E-state index contributed by atoms with van der Waals surface area (Å²) in [7, 11) is -2.76. The number of carbonyl (C=O) groups is 1. The van der Waals surface area contributed by atoms with E-state index in [2.05, 4.69) is 9.62 Å². The van der Waals surface area contributed by atoms with Gasteiger partial charge in [0.05, 0.1) is 10.6 Å². The van der Waals surface area contributed by atoms with Crippen LogP contribution in [0.3, 0.4) is 0 Å². The zero-order chi connectivity index (χ0) is 18.5. The Kier molecular flexibility index (Phi) is 6.74. The molecular formula is C17H24ClN3O4S. The van der Waals surface area contributed by atoms with Crippen molar-refractivity contribution in [2.75, 3.05) is 50.7 Å². The summed E-state index contributed by atoms with van der Waals surface area (Å²) in [5, 5.41) is 0.251. The Morgan fingerprint density at radius 2 is 1.88 bits per heavy atom. The average molecular weight is 402 g/mol. The Labute approximate surface area is 160 Å². The Balaban J connectivity index is 1.54. The Bertz CT molecular complexity index is 706. The minimum Gasteiger partial charge on any atom is -0.381 e. The molecule has 0 bridgehead atoms. The molecule has 26 heavy (non-hydrogen) atoms. The maximum Gasteiger partial charge on any atom is 0.255 e. The van der Waals surface area contributed by atoms with E-state index in [-0.39, 0.29) is 10.9 Å². The number of benzene rings is 1. The number of hydrogen-bond donors (Lipinski definition) is 2. The molecule has 2 aliphatic rings. The molecule has 0 aliphatic carbocycles. The van der Waals surface area contributed by atoms with Gasteiger partial charge in [-0.1, -0.05) is 11.6 Å². The number of nitrogens with zero attached hydrogens (tertiary/aromatic N) is 2. The van der Waals surface area contributed by atoms with Crippen LogP contribution in [0.5, 0.6) is 0 Å². The molecule has 0 radical (unpaired) electrons. The largest absolute Gasteiger partial charge is 0.381 e. The van der Waals surface area contributed by atoms with Crippen LogP contribution in [-0.2, 0) is 15.6 Å². The van der Waals surface area contributed by atoms with Crippen molar-refractivity contribution in [3.8, 4) is 0 Å².